The highest BCUT2D eigenvalue weighted by Crippen LogP contribution is 2.50. The Morgan fingerprint density at radius 3 is 2.83 bits per heavy atom. The van der Waals surface area contributed by atoms with E-state index in [1.165, 1.54) is 12.3 Å². The first-order chi connectivity index (χ1) is 10.9. The Morgan fingerprint density at radius 2 is 2.13 bits per heavy atom. The van der Waals surface area contributed by atoms with Crippen LogP contribution in [0.5, 0.6) is 0 Å². The highest BCUT2D eigenvalue weighted by molar-refractivity contribution is 5.85. The first-order valence-electron chi connectivity index (χ1n) is 8.25. The van der Waals surface area contributed by atoms with Gasteiger partial charge in [0.2, 0.25) is 0 Å². The van der Waals surface area contributed by atoms with Crippen molar-refractivity contribution in [3.63, 3.8) is 0 Å². The van der Waals surface area contributed by atoms with Gasteiger partial charge in [-0.2, -0.15) is 0 Å². The number of halogens is 1. The molecule has 1 aliphatic heterocycles. The summed E-state index contributed by atoms with van der Waals surface area (Å²) in [5.74, 6) is 2.10. The van der Waals surface area contributed by atoms with Crippen molar-refractivity contribution in [2.24, 2.45) is 17.8 Å². The van der Waals surface area contributed by atoms with Gasteiger partial charge in [0.15, 0.2) is 0 Å². The fourth-order valence-corrected chi connectivity index (χ4v) is 4.25. The lowest BCUT2D eigenvalue weighted by Crippen LogP contribution is -2.28. The topological polar surface area (TPSA) is 46.4 Å². The smallest absolute Gasteiger partial charge is 0.140 e. The molecule has 1 N–H and O–H groups in total. The third-order valence-corrected chi connectivity index (χ3v) is 5.49. The number of pyridine rings is 1. The van der Waals surface area contributed by atoms with E-state index in [-0.39, 0.29) is 11.7 Å². The Morgan fingerprint density at radius 1 is 1.43 bits per heavy atom. The van der Waals surface area contributed by atoms with E-state index in [2.05, 4.69) is 10.3 Å². The maximum absolute atomic E-state index is 13.8. The lowest BCUT2D eigenvalue weighted by atomic mass is 9.84. The van der Waals surface area contributed by atoms with Crippen LogP contribution in [-0.2, 0) is 10.2 Å². The van der Waals surface area contributed by atoms with Crippen molar-refractivity contribution >= 4 is 11.3 Å². The molecule has 2 fully saturated rings. The van der Waals surface area contributed by atoms with Crippen molar-refractivity contribution < 1.29 is 9.18 Å². The van der Waals surface area contributed by atoms with Crippen LogP contribution in [0.2, 0.25) is 0 Å². The molecule has 4 rings (SSSR count). The molecule has 5 heteroatoms. The minimum absolute atomic E-state index is 0.222. The van der Waals surface area contributed by atoms with Crippen LogP contribution >= 0.6 is 0 Å². The molecule has 1 saturated heterocycles. The summed E-state index contributed by atoms with van der Waals surface area (Å²) < 4.78 is 15.6. The quantitative estimate of drug-likeness (QED) is 0.943. The Labute approximate surface area is 135 Å². The van der Waals surface area contributed by atoms with Gasteiger partial charge in [0.05, 0.1) is 11.7 Å². The number of rotatable bonds is 4. The monoisotopic (exact) mass is 315 g/mol. The largest absolute Gasteiger partial charge is 0.316 e. The van der Waals surface area contributed by atoms with Crippen molar-refractivity contribution in [3.05, 3.63) is 35.7 Å². The zero-order chi connectivity index (χ0) is 16.4. The summed E-state index contributed by atoms with van der Waals surface area (Å²) in [5, 5.41) is 3.32. The second-order valence-corrected chi connectivity index (χ2v) is 7.72. The van der Waals surface area contributed by atoms with Crippen LogP contribution in [0.25, 0.3) is 5.52 Å². The highest BCUT2D eigenvalue weighted by Gasteiger charge is 2.56. The van der Waals surface area contributed by atoms with Gasteiger partial charge in [-0.05, 0) is 43.5 Å². The summed E-state index contributed by atoms with van der Waals surface area (Å²) in [4.78, 5) is 17.2. The number of carbonyl (C=O) groups excluding carboxylic acids is 1. The van der Waals surface area contributed by atoms with E-state index in [1.54, 1.807) is 10.6 Å². The van der Waals surface area contributed by atoms with Crippen molar-refractivity contribution in [2.45, 2.75) is 32.6 Å². The summed E-state index contributed by atoms with van der Waals surface area (Å²) in [6.07, 6.45) is 3.69. The highest BCUT2D eigenvalue weighted by atomic mass is 19.1. The Bertz CT molecular complexity index is 785. The van der Waals surface area contributed by atoms with Gasteiger partial charge in [-0.3, -0.25) is 4.79 Å². The van der Waals surface area contributed by atoms with Gasteiger partial charge in [0.25, 0.3) is 0 Å². The number of carbonyl (C=O) groups is 1. The van der Waals surface area contributed by atoms with E-state index in [4.69, 9.17) is 0 Å². The third kappa shape index (κ3) is 2.29. The van der Waals surface area contributed by atoms with Crippen molar-refractivity contribution in [3.8, 4) is 0 Å². The van der Waals surface area contributed by atoms with Gasteiger partial charge < -0.3 is 9.72 Å². The molecule has 1 saturated carbocycles. The van der Waals surface area contributed by atoms with Crippen LogP contribution in [0.1, 0.15) is 31.7 Å². The van der Waals surface area contributed by atoms with Crippen LogP contribution in [0.4, 0.5) is 4.39 Å². The number of nitrogens with zero attached hydrogens (tertiary/aromatic N) is 2. The molecule has 2 aromatic rings. The number of imidazole rings is 1. The standard InChI is InChI=1S/C18H22FN3O/c1-10-4-11(19)9-22-14(10)8-21-17(22)18(2,3)5-15(23)16-12-6-20-7-13(12)16/h4,8-9,12-13,16,20H,5-7H2,1-3H3/t12-,13+,16?. The summed E-state index contributed by atoms with van der Waals surface area (Å²) in [7, 11) is 0. The van der Waals surface area contributed by atoms with Gasteiger partial charge in [-0.15, -0.1) is 0 Å². The number of Topliss-reactive ketones (excluding diaryl/α,β-unsaturated/α-hetero) is 1. The first-order valence-corrected chi connectivity index (χ1v) is 8.25. The van der Waals surface area contributed by atoms with E-state index in [0.29, 0.717) is 24.0 Å². The van der Waals surface area contributed by atoms with Crippen molar-refractivity contribution in [1.82, 2.24) is 14.7 Å². The van der Waals surface area contributed by atoms with Crippen LogP contribution < -0.4 is 5.32 Å². The van der Waals surface area contributed by atoms with Crippen molar-refractivity contribution in [1.29, 1.82) is 0 Å². The number of fused-ring (bicyclic) bond motifs is 2. The number of hydrogen-bond acceptors (Lipinski definition) is 3. The summed E-state index contributed by atoms with van der Waals surface area (Å²) >= 11 is 0. The van der Waals surface area contributed by atoms with Gasteiger partial charge in [0.1, 0.15) is 17.4 Å². The lowest BCUT2D eigenvalue weighted by Gasteiger charge is -2.23. The first kappa shape index (κ1) is 14.8. The van der Waals surface area contributed by atoms with E-state index in [9.17, 15) is 9.18 Å². The molecule has 3 heterocycles. The molecule has 2 aromatic heterocycles. The van der Waals surface area contributed by atoms with Crippen LogP contribution in [-0.4, -0.2) is 28.3 Å². The third-order valence-electron chi connectivity index (χ3n) is 5.49. The Balaban J connectivity index is 1.62. The van der Waals surface area contributed by atoms with Crippen molar-refractivity contribution in [2.75, 3.05) is 13.1 Å². The Hall–Kier alpha value is -1.75. The molecule has 23 heavy (non-hydrogen) atoms. The van der Waals surface area contributed by atoms with Gasteiger partial charge in [-0.1, -0.05) is 13.8 Å². The maximum atomic E-state index is 13.8. The van der Waals surface area contributed by atoms with E-state index in [0.717, 1.165) is 30.0 Å². The normalized spacial score (nSPS) is 26.5. The molecule has 1 aliphatic carbocycles. The average Bonchev–Trinajstić information content (AvgIpc) is 2.84. The lowest BCUT2D eigenvalue weighted by molar-refractivity contribution is -0.122. The molecule has 2 aliphatic rings. The molecular weight excluding hydrogens is 293 g/mol. The van der Waals surface area contributed by atoms with Crippen LogP contribution in [0, 0.1) is 30.5 Å². The number of nitrogens with one attached hydrogen (secondary N) is 1. The zero-order valence-electron chi connectivity index (χ0n) is 13.8. The number of piperidine rings is 1. The average molecular weight is 315 g/mol. The predicted octanol–water partition coefficient (Wildman–Crippen LogP) is 2.48. The van der Waals surface area contributed by atoms with Crippen LogP contribution in [0.3, 0.4) is 0 Å². The summed E-state index contributed by atoms with van der Waals surface area (Å²) in [6, 6.07) is 1.51. The molecule has 4 nitrogen and oxygen atoms in total. The fraction of sp³-hybridized carbons (Fsp3) is 0.556. The van der Waals surface area contributed by atoms with Gasteiger partial charge in [0, 0.05) is 24.0 Å². The van der Waals surface area contributed by atoms with Gasteiger partial charge >= 0.3 is 0 Å². The predicted molar refractivity (Wildman–Crippen MR) is 85.9 cm³/mol. The minimum atomic E-state index is -0.409. The zero-order valence-corrected chi connectivity index (χ0v) is 13.8. The molecule has 1 unspecified atom stereocenters. The summed E-state index contributed by atoms with van der Waals surface area (Å²) in [6.45, 7) is 7.86. The molecule has 0 bridgehead atoms. The second kappa shape index (κ2) is 4.87. The summed E-state index contributed by atoms with van der Waals surface area (Å²) in [5.41, 5.74) is 1.34. The molecule has 0 aromatic carbocycles. The molecule has 0 radical (unpaired) electrons. The minimum Gasteiger partial charge on any atom is -0.316 e. The number of ketones is 1. The molecule has 0 amide bonds. The van der Waals surface area contributed by atoms with E-state index in [1.807, 2.05) is 20.8 Å². The second-order valence-electron chi connectivity index (χ2n) is 7.72. The molecule has 3 atom stereocenters. The number of hydrogen-bond donors (Lipinski definition) is 1. The SMILES string of the molecule is Cc1cc(F)cn2c(C(C)(C)CC(=O)C3[C@H]4CNC[C@@H]34)ncc12. The van der Waals surface area contributed by atoms with Gasteiger partial charge in [-0.25, -0.2) is 9.37 Å². The number of aromatic nitrogens is 2. The van der Waals surface area contributed by atoms with E-state index < -0.39 is 5.41 Å². The molecular formula is C18H22FN3O. The molecule has 0 spiro atoms. The number of aryl methyl sites for hydroxylation is 1. The maximum Gasteiger partial charge on any atom is 0.140 e. The Kier molecular flexibility index (Phi) is 3.14. The van der Waals surface area contributed by atoms with Crippen LogP contribution in [0.15, 0.2) is 18.5 Å². The fourth-order valence-electron chi connectivity index (χ4n) is 4.25. The molecule has 122 valence electrons. The van der Waals surface area contributed by atoms with E-state index >= 15 is 0 Å².